The van der Waals surface area contributed by atoms with Gasteiger partial charge in [-0.2, -0.15) is 5.10 Å². The fraction of sp³-hybridized carbons (Fsp3) is 0.222. The van der Waals surface area contributed by atoms with E-state index < -0.39 is 5.91 Å². The molecule has 2 N–H and O–H groups in total. The van der Waals surface area contributed by atoms with Crippen molar-refractivity contribution < 1.29 is 24.1 Å². The Hall–Kier alpha value is -3.22. The van der Waals surface area contributed by atoms with E-state index in [9.17, 15) is 9.90 Å². The van der Waals surface area contributed by atoms with E-state index in [1.165, 1.54) is 31.5 Å². The van der Waals surface area contributed by atoms with Gasteiger partial charge in [-0.1, -0.05) is 0 Å². The second-order valence-electron chi connectivity index (χ2n) is 4.93. The Morgan fingerprint density at radius 1 is 1.12 bits per heavy atom. The molecule has 0 aliphatic carbocycles. The van der Waals surface area contributed by atoms with Crippen LogP contribution in [-0.2, 0) is 0 Å². The van der Waals surface area contributed by atoms with E-state index in [0.717, 1.165) is 5.56 Å². The summed E-state index contributed by atoms with van der Waals surface area (Å²) in [6, 6.07) is 9.62. The molecule has 0 aromatic heterocycles. The normalized spacial score (nSPS) is 10.5. The molecule has 1 amide bonds. The number of hydrogen-bond donors (Lipinski definition) is 2. The van der Waals surface area contributed by atoms with Crippen LogP contribution in [-0.4, -0.2) is 38.1 Å². The summed E-state index contributed by atoms with van der Waals surface area (Å²) in [7, 11) is 2.97. The molecule has 0 aliphatic rings. The summed E-state index contributed by atoms with van der Waals surface area (Å²) in [4.78, 5) is 12.1. The van der Waals surface area contributed by atoms with Gasteiger partial charge >= 0.3 is 0 Å². The first-order chi connectivity index (χ1) is 12.1. The summed E-state index contributed by atoms with van der Waals surface area (Å²) >= 11 is 0. The predicted molar refractivity (Wildman–Crippen MR) is 93.9 cm³/mol. The van der Waals surface area contributed by atoms with Crippen molar-refractivity contribution in [2.24, 2.45) is 5.10 Å². The zero-order chi connectivity index (χ0) is 18.2. The molecule has 0 aliphatic heterocycles. The summed E-state index contributed by atoms with van der Waals surface area (Å²) in [6.07, 6.45) is 1.49. The van der Waals surface area contributed by atoms with Crippen LogP contribution < -0.4 is 19.6 Å². The van der Waals surface area contributed by atoms with Crippen LogP contribution in [0.25, 0.3) is 0 Å². The molecule has 7 nitrogen and oxygen atoms in total. The van der Waals surface area contributed by atoms with Gasteiger partial charge in [0, 0.05) is 5.56 Å². The Morgan fingerprint density at radius 3 is 2.56 bits per heavy atom. The standard InChI is InChI=1S/C18H20N2O5/c1-4-25-15-8-5-12(9-17(15)24-3)11-19-20-18(22)13-6-7-14(21)16(10-13)23-2/h5-11,21H,4H2,1-3H3,(H,20,22). The van der Waals surface area contributed by atoms with Crippen molar-refractivity contribution >= 4 is 12.1 Å². The highest BCUT2D eigenvalue weighted by atomic mass is 16.5. The van der Waals surface area contributed by atoms with Crippen LogP contribution in [0.4, 0.5) is 0 Å². The van der Waals surface area contributed by atoms with Crippen LogP contribution in [0.3, 0.4) is 0 Å². The minimum Gasteiger partial charge on any atom is -0.504 e. The summed E-state index contributed by atoms with van der Waals surface area (Å²) in [6.45, 7) is 2.43. The highest BCUT2D eigenvalue weighted by Gasteiger charge is 2.09. The summed E-state index contributed by atoms with van der Waals surface area (Å²) < 4.78 is 15.7. The van der Waals surface area contributed by atoms with Crippen LogP contribution in [0.5, 0.6) is 23.0 Å². The fourth-order valence-electron chi connectivity index (χ4n) is 2.09. The van der Waals surface area contributed by atoms with E-state index in [2.05, 4.69) is 10.5 Å². The van der Waals surface area contributed by atoms with Crippen molar-refractivity contribution in [3.8, 4) is 23.0 Å². The van der Waals surface area contributed by atoms with Crippen LogP contribution in [0.2, 0.25) is 0 Å². The molecular formula is C18H20N2O5. The third-order valence-corrected chi connectivity index (χ3v) is 3.31. The number of amides is 1. The number of nitrogens with zero attached hydrogens (tertiary/aromatic N) is 1. The van der Waals surface area contributed by atoms with Gasteiger partial charge in [-0.05, 0) is 48.9 Å². The summed E-state index contributed by atoms with van der Waals surface area (Å²) in [5.41, 5.74) is 3.47. The van der Waals surface area contributed by atoms with E-state index >= 15 is 0 Å². The number of ether oxygens (including phenoxy) is 3. The number of benzene rings is 2. The minimum atomic E-state index is -0.424. The van der Waals surface area contributed by atoms with E-state index in [1.54, 1.807) is 25.3 Å². The van der Waals surface area contributed by atoms with Crippen molar-refractivity contribution in [3.63, 3.8) is 0 Å². The Balaban J connectivity index is 2.06. The number of phenolic OH excluding ortho intramolecular Hbond substituents is 1. The molecule has 7 heteroatoms. The van der Waals surface area contributed by atoms with Crippen molar-refractivity contribution in [2.45, 2.75) is 6.92 Å². The molecule has 0 saturated carbocycles. The molecule has 0 heterocycles. The van der Waals surface area contributed by atoms with Gasteiger partial charge in [-0.25, -0.2) is 5.43 Å². The van der Waals surface area contributed by atoms with Gasteiger partial charge < -0.3 is 19.3 Å². The highest BCUT2D eigenvalue weighted by Crippen LogP contribution is 2.27. The average Bonchev–Trinajstić information content (AvgIpc) is 2.63. The van der Waals surface area contributed by atoms with Gasteiger partial charge in [-0.15, -0.1) is 0 Å². The summed E-state index contributed by atoms with van der Waals surface area (Å²) in [5.74, 6) is 0.979. The molecule has 0 radical (unpaired) electrons. The van der Waals surface area contributed by atoms with E-state index in [1.807, 2.05) is 6.92 Å². The highest BCUT2D eigenvalue weighted by molar-refractivity contribution is 5.95. The number of carbonyl (C=O) groups excluding carboxylic acids is 1. The molecular weight excluding hydrogens is 324 g/mol. The fourth-order valence-corrected chi connectivity index (χ4v) is 2.09. The predicted octanol–water partition coefficient (Wildman–Crippen LogP) is 2.57. The Bertz CT molecular complexity index is 774. The third-order valence-electron chi connectivity index (χ3n) is 3.31. The number of hydrazone groups is 1. The number of hydrogen-bond acceptors (Lipinski definition) is 6. The van der Waals surface area contributed by atoms with E-state index in [0.29, 0.717) is 23.7 Å². The van der Waals surface area contributed by atoms with Gasteiger partial charge in [0.15, 0.2) is 23.0 Å². The van der Waals surface area contributed by atoms with E-state index in [4.69, 9.17) is 14.2 Å². The Kier molecular flexibility index (Phi) is 6.22. The molecule has 0 atom stereocenters. The minimum absolute atomic E-state index is 0.0379. The number of carbonyl (C=O) groups is 1. The molecule has 132 valence electrons. The smallest absolute Gasteiger partial charge is 0.271 e. The molecule has 2 aromatic rings. The molecule has 0 bridgehead atoms. The zero-order valence-corrected chi connectivity index (χ0v) is 14.3. The van der Waals surface area contributed by atoms with Crippen molar-refractivity contribution in [2.75, 3.05) is 20.8 Å². The first-order valence-corrected chi connectivity index (χ1v) is 7.60. The van der Waals surface area contributed by atoms with Gasteiger partial charge in [0.05, 0.1) is 27.0 Å². The maximum atomic E-state index is 12.1. The van der Waals surface area contributed by atoms with E-state index in [-0.39, 0.29) is 11.5 Å². The number of phenols is 1. The molecule has 0 saturated heterocycles. The monoisotopic (exact) mass is 344 g/mol. The SMILES string of the molecule is CCOc1ccc(C=NNC(=O)c2ccc(O)c(OC)c2)cc1OC. The lowest BCUT2D eigenvalue weighted by Gasteiger charge is -2.09. The van der Waals surface area contributed by atoms with Crippen LogP contribution in [0.15, 0.2) is 41.5 Å². The van der Waals surface area contributed by atoms with Crippen molar-refractivity contribution in [1.82, 2.24) is 5.43 Å². The average molecular weight is 344 g/mol. The number of nitrogens with one attached hydrogen (secondary N) is 1. The number of rotatable bonds is 7. The zero-order valence-electron chi connectivity index (χ0n) is 14.3. The lowest BCUT2D eigenvalue weighted by molar-refractivity contribution is 0.0954. The first-order valence-electron chi connectivity index (χ1n) is 7.60. The molecule has 2 rings (SSSR count). The van der Waals surface area contributed by atoms with Crippen LogP contribution in [0, 0.1) is 0 Å². The molecule has 0 unspecified atom stereocenters. The van der Waals surface area contributed by atoms with Crippen molar-refractivity contribution in [1.29, 1.82) is 0 Å². The quantitative estimate of drug-likeness (QED) is 0.595. The maximum Gasteiger partial charge on any atom is 0.271 e. The van der Waals surface area contributed by atoms with Gasteiger partial charge in [0.25, 0.3) is 5.91 Å². The van der Waals surface area contributed by atoms with Gasteiger partial charge in [0.2, 0.25) is 0 Å². The Morgan fingerprint density at radius 2 is 1.88 bits per heavy atom. The van der Waals surface area contributed by atoms with Crippen LogP contribution >= 0.6 is 0 Å². The lowest BCUT2D eigenvalue weighted by atomic mass is 10.2. The van der Waals surface area contributed by atoms with Crippen LogP contribution in [0.1, 0.15) is 22.8 Å². The molecule has 25 heavy (non-hydrogen) atoms. The molecule has 0 fully saturated rings. The topological polar surface area (TPSA) is 89.4 Å². The second kappa shape index (κ2) is 8.58. The largest absolute Gasteiger partial charge is 0.504 e. The third kappa shape index (κ3) is 4.63. The second-order valence-corrected chi connectivity index (χ2v) is 4.93. The molecule has 2 aromatic carbocycles. The molecule has 0 spiro atoms. The number of methoxy groups -OCH3 is 2. The van der Waals surface area contributed by atoms with Crippen molar-refractivity contribution in [3.05, 3.63) is 47.5 Å². The number of aromatic hydroxyl groups is 1. The Labute approximate surface area is 145 Å². The summed E-state index contributed by atoms with van der Waals surface area (Å²) in [5, 5.41) is 13.5. The lowest BCUT2D eigenvalue weighted by Crippen LogP contribution is -2.17. The maximum absolute atomic E-state index is 12.1. The van der Waals surface area contributed by atoms with Gasteiger partial charge in [0.1, 0.15) is 0 Å². The first kappa shape index (κ1) is 18.1. The van der Waals surface area contributed by atoms with Gasteiger partial charge in [-0.3, -0.25) is 4.79 Å².